The second-order valence-electron chi connectivity index (χ2n) is 4.40. The Kier molecular flexibility index (Phi) is 3.02. The molecule has 3 rings (SSSR count). The standard InChI is InChI=1S/C16H13N3/c1-12-9-18-16(19-10-12)14-6-4-13(5-7-14)15-3-2-8-17-11-15/h2-11H,1H3. The van der Waals surface area contributed by atoms with Crippen LogP contribution in [0.15, 0.2) is 61.2 Å². The first-order valence-electron chi connectivity index (χ1n) is 6.12. The van der Waals surface area contributed by atoms with Crippen LogP contribution in [0.5, 0.6) is 0 Å². The van der Waals surface area contributed by atoms with Gasteiger partial charge in [-0.15, -0.1) is 0 Å². The zero-order valence-corrected chi connectivity index (χ0v) is 10.6. The molecule has 0 radical (unpaired) electrons. The Labute approximate surface area is 112 Å². The van der Waals surface area contributed by atoms with Gasteiger partial charge in [0.15, 0.2) is 5.82 Å². The third-order valence-electron chi connectivity index (χ3n) is 2.92. The maximum absolute atomic E-state index is 4.33. The minimum atomic E-state index is 0.753. The average molecular weight is 247 g/mol. The molecule has 0 aliphatic carbocycles. The van der Waals surface area contributed by atoms with E-state index in [1.807, 2.05) is 49.8 Å². The van der Waals surface area contributed by atoms with Crippen molar-refractivity contribution < 1.29 is 0 Å². The van der Waals surface area contributed by atoms with E-state index in [4.69, 9.17) is 0 Å². The molecule has 0 aliphatic heterocycles. The van der Waals surface area contributed by atoms with E-state index in [-0.39, 0.29) is 0 Å². The van der Waals surface area contributed by atoms with Gasteiger partial charge in [0.1, 0.15) is 0 Å². The molecular formula is C16H13N3. The molecule has 0 bridgehead atoms. The molecule has 0 saturated heterocycles. The van der Waals surface area contributed by atoms with Crippen molar-refractivity contribution in [3.8, 4) is 22.5 Å². The summed E-state index contributed by atoms with van der Waals surface area (Å²) < 4.78 is 0. The van der Waals surface area contributed by atoms with Crippen molar-refractivity contribution in [1.29, 1.82) is 0 Å². The number of aryl methyl sites for hydroxylation is 1. The van der Waals surface area contributed by atoms with Crippen LogP contribution in [0.25, 0.3) is 22.5 Å². The summed E-state index contributed by atoms with van der Waals surface area (Å²) in [5, 5.41) is 0. The van der Waals surface area contributed by atoms with Gasteiger partial charge in [-0.05, 0) is 29.7 Å². The van der Waals surface area contributed by atoms with Crippen LogP contribution in [0, 0.1) is 6.92 Å². The first-order chi connectivity index (χ1) is 9.33. The fourth-order valence-electron chi connectivity index (χ4n) is 1.89. The van der Waals surface area contributed by atoms with Crippen molar-refractivity contribution in [2.24, 2.45) is 0 Å². The third-order valence-corrected chi connectivity index (χ3v) is 2.92. The molecule has 2 heterocycles. The molecule has 3 aromatic rings. The molecule has 3 nitrogen and oxygen atoms in total. The van der Waals surface area contributed by atoms with E-state index < -0.39 is 0 Å². The molecule has 0 spiro atoms. The summed E-state index contributed by atoms with van der Waals surface area (Å²) in [6.45, 7) is 1.98. The van der Waals surface area contributed by atoms with Gasteiger partial charge < -0.3 is 0 Å². The van der Waals surface area contributed by atoms with Crippen LogP contribution in [-0.2, 0) is 0 Å². The summed E-state index contributed by atoms with van der Waals surface area (Å²) in [5.41, 5.74) is 4.34. The van der Waals surface area contributed by atoms with Crippen LogP contribution in [0.1, 0.15) is 5.56 Å². The van der Waals surface area contributed by atoms with Gasteiger partial charge >= 0.3 is 0 Å². The van der Waals surface area contributed by atoms with E-state index in [9.17, 15) is 0 Å². The molecule has 1 aromatic carbocycles. The Morgan fingerprint density at radius 3 is 2.05 bits per heavy atom. The summed E-state index contributed by atoms with van der Waals surface area (Å²) in [7, 11) is 0. The quantitative estimate of drug-likeness (QED) is 0.695. The first-order valence-corrected chi connectivity index (χ1v) is 6.12. The summed E-state index contributed by atoms with van der Waals surface area (Å²) >= 11 is 0. The predicted octanol–water partition coefficient (Wildman–Crippen LogP) is 3.51. The summed E-state index contributed by atoms with van der Waals surface area (Å²) in [6, 6.07) is 12.2. The van der Waals surface area contributed by atoms with E-state index in [0.717, 1.165) is 28.1 Å². The topological polar surface area (TPSA) is 38.7 Å². The lowest BCUT2D eigenvalue weighted by Crippen LogP contribution is -1.89. The highest BCUT2D eigenvalue weighted by atomic mass is 14.9. The molecular weight excluding hydrogens is 234 g/mol. The van der Waals surface area contributed by atoms with E-state index in [1.165, 1.54) is 0 Å². The molecule has 0 aliphatic rings. The smallest absolute Gasteiger partial charge is 0.159 e. The van der Waals surface area contributed by atoms with Crippen LogP contribution >= 0.6 is 0 Å². The number of aromatic nitrogens is 3. The van der Waals surface area contributed by atoms with Gasteiger partial charge in [-0.3, -0.25) is 4.98 Å². The monoisotopic (exact) mass is 247 g/mol. The molecule has 0 N–H and O–H groups in total. The van der Waals surface area contributed by atoms with E-state index in [2.05, 4.69) is 27.1 Å². The molecule has 92 valence electrons. The van der Waals surface area contributed by atoms with Crippen molar-refractivity contribution in [2.75, 3.05) is 0 Å². The average Bonchev–Trinajstić information content (AvgIpc) is 2.49. The largest absolute Gasteiger partial charge is 0.264 e. The van der Waals surface area contributed by atoms with Gasteiger partial charge in [0.25, 0.3) is 0 Å². The lowest BCUT2D eigenvalue weighted by molar-refractivity contribution is 1.14. The van der Waals surface area contributed by atoms with Gasteiger partial charge in [0, 0.05) is 30.4 Å². The highest BCUT2D eigenvalue weighted by molar-refractivity contribution is 5.66. The minimum absolute atomic E-state index is 0.753. The first kappa shape index (κ1) is 11.5. The summed E-state index contributed by atoms with van der Waals surface area (Å²) in [6.07, 6.45) is 7.30. The van der Waals surface area contributed by atoms with Crippen molar-refractivity contribution >= 4 is 0 Å². The Morgan fingerprint density at radius 1 is 0.737 bits per heavy atom. The number of benzene rings is 1. The fraction of sp³-hybridized carbons (Fsp3) is 0.0625. The van der Waals surface area contributed by atoms with Gasteiger partial charge in [-0.2, -0.15) is 0 Å². The fourth-order valence-corrected chi connectivity index (χ4v) is 1.89. The number of nitrogens with zero attached hydrogens (tertiary/aromatic N) is 3. The normalized spacial score (nSPS) is 10.4. The Bertz CT molecular complexity index is 659. The Morgan fingerprint density at radius 2 is 1.42 bits per heavy atom. The van der Waals surface area contributed by atoms with E-state index in [1.54, 1.807) is 6.20 Å². The zero-order chi connectivity index (χ0) is 13.1. The highest BCUT2D eigenvalue weighted by Crippen LogP contribution is 2.22. The van der Waals surface area contributed by atoms with Crippen LogP contribution in [-0.4, -0.2) is 15.0 Å². The van der Waals surface area contributed by atoms with Gasteiger partial charge in [0.2, 0.25) is 0 Å². The molecule has 2 aromatic heterocycles. The second-order valence-corrected chi connectivity index (χ2v) is 4.40. The number of hydrogen-bond donors (Lipinski definition) is 0. The van der Waals surface area contributed by atoms with Crippen molar-refractivity contribution in [1.82, 2.24) is 15.0 Å². The van der Waals surface area contributed by atoms with E-state index in [0.29, 0.717) is 0 Å². The SMILES string of the molecule is Cc1cnc(-c2ccc(-c3cccnc3)cc2)nc1. The molecule has 19 heavy (non-hydrogen) atoms. The van der Waals surface area contributed by atoms with Gasteiger partial charge in [0.05, 0.1) is 0 Å². The predicted molar refractivity (Wildman–Crippen MR) is 75.4 cm³/mol. The van der Waals surface area contributed by atoms with Crippen molar-refractivity contribution in [3.63, 3.8) is 0 Å². The lowest BCUT2D eigenvalue weighted by Gasteiger charge is -2.03. The summed E-state index contributed by atoms with van der Waals surface area (Å²) in [4.78, 5) is 12.8. The van der Waals surface area contributed by atoms with Crippen LogP contribution in [0.2, 0.25) is 0 Å². The van der Waals surface area contributed by atoms with E-state index >= 15 is 0 Å². The maximum Gasteiger partial charge on any atom is 0.159 e. The number of hydrogen-bond acceptors (Lipinski definition) is 3. The third kappa shape index (κ3) is 2.50. The number of pyridine rings is 1. The van der Waals surface area contributed by atoms with Crippen LogP contribution < -0.4 is 0 Å². The second kappa shape index (κ2) is 4.98. The summed E-state index contributed by atoms with van der Waals surface area (Å²) in [5.74, 6) is 0.753. The molecule has 0 unspecified atom stereocenters. The molecule has 0 atom stereocenters. The number of rotatable bonds is 2. The maximum atomic E-state index is 4.33. The van der Waals surface area contributed by atoms with Crippen LogP contribution in [0.4, 0.5) is 0 Å². The van der Waals surface area contributed by atoms with Gasteiger partial charge in [-0.1, -0.05) is 30.3 Å². The molecule has 3 heteroatoms. The highest BCUT2D eigenvalue weighted by Gasteiger charge is 2.02. The van der Waals surface area contributed by atoms with Crippen molar-refractivity contribution in [2.45, 2.75) is 6.92 Å². The van der Waals surface area contributed by atoms with Gasteiger partial charge in [-0.25, -0.2) is 9.97 Å². The zero-order valence-electron chi connectivity index (χ0n) is 10.6. The minimum Gasteiger partial charge on any atom is -0.264 e. The van der Waals surface area contributed by atoms with Crippen LogP contribution in [0.3, 0.4) is 0 Å². The Hall–Kier alpha value is -2.55. The lowest BCUT2D eigenvalue weighted by atomic mass is 10.1. The Balaban J connectivity index is 1.93. The molecule has 0 amide bonds. The molecule has 0 fully saturated rings. The molecule has 0 saturated carbocycles. The van der Waals surface area contributed by atoms with Crippen molar-refractivity contribution in [3.05, 3.63) is 66.7 Å².